The Kier molecular flexibility index (Phi) is 4.15. The fourth-order valence-electron chi connectivity index (χ4n) is 3.61. The SMILES string of the molecule is O=C(O)[C@@H]1CC(=O)N(c2ccc(S(=O)(=O)N3CCc4ccccc43)cc2)C1. The van der Waals surface area contributed by atoms with E-state index in [1.54, 1.807) is 18.2 Å². The van der Waals surface area contributed by atoms with Gasteiger partial charge in [-0.2, -0.15) is 0 Å². The molecular formula is C19H18N2O5S. The van der Waals surface area contributed by atoms with Crippen LogP contribution in [0.2, 0.25) is 0 Å². The first-order valence-corrected chi connectivity index (χ1v) is 10.1. The number of sulfonamides is 1. The van der Waals surface area contributed by atoms with E-state index in [0.29, 0.717) is 24.3 Å². The second-order valence-electron chi connectivity index (χ2n) is 6.69. The molecule has 0 aliphatic carbocycles. The number of para-hydroxylation sites is 1. The zero-order valence-corrected chi connectivity index (χ0v) is 15.2. The number of carboxylic acids is 1. The summed E-state index contributed by atoms with van der Waals surface area (Å²) in [6.45, 7) is 0.494. The maximum atomic E-state index is 13.0. The number of nitrogens with zero attached hydrogens (tertiary/aromatic N) is 2. The Bertz CT molecular complexity index is 1020. The fraction of sp³-hybridized carbons (Fsp3) is 0.263. The first kappa shape index (κ1) is 17.5. The number of carbonyl (C=O) groups excluding carboxylic acids is 1. The molecule has 1 atom stereocenters. The minimum atomic E-state index is -3.69. The first-order valence-electron chi connectivity index (χ1n) is 8.62. The number of aliphatic carboxylic acids is 1. The Morgan fingerprint density at radius 2 is 1.78 bits per heavy atom. The lowest BCUT2D eigenvalue weighted by Crippen LogP contribution is -2.29. The van der Waals surface area contributed by atoms with Gasteiger partial charge in [0, 0.05) is 25.2 Å². The van der Waals surface area contributed by atoms with Crippen molar-refractivity contribution in [3.05, 3.63) is 54.1 Å². The number of fused-ring (bicyclic) bond motifs is 1. The number of carboxylic acid groups (broad SMARTS) is 1. The molecule has 2 aliphatic rings. The molecule has 0 aromatic heterocycles. The second kappa shape index (κ2) is 6.38. The summed E-state index contributed by atoms with van der Waals surface area (Å²) in [6, 6.07) is 13.5. The quantitative estimate of drug-likeness (QED) is 0.866. The van der Waals surface area contributed by atoms with Gasteiger partial charge in [-0.3, -0.25) is 13.9 Å². The summed E-state index contributed by atoms with van der Waals surface area (Å²) in [5.41, 5.74) is 2.20. The molecule has 2 aromatic carbocycles. The monoisotopic (exact) mass is 386 g/mol. The molecule has 1 saturated heterocycles. The topological polar surface area (TPSA) is 95.0 Å². The third kappa shape index (κ3) is 2.95. The van der Waals surface area contributed by atoms with E-state index in [0.717, 1.165) is 5.56 Å². The van der Waals surface area contributed by atoms with Crippen LogP contribution in [-0.2, 0) is 26.0 Å². The lowest BCUT2D eigenvalue weighted by molar-refractivity contribution is -0.141. The van der Waals surface area contributed by atoms with Crippen molar-refractivity contribution in [3.63, 3.8) is 0 Å². The molecular weight excluding hydrogens is 368 g/mol. The highest BCUT2D eigenvalue weighted by Crippen LogP contribution is 2.33. The van der Waals surface area contributed by atoms with Gasteiger partial charge in [0.2, 0.25) is 5.91 Å². The number of anilines is 2. The molecule has 0 saturated carbocycles. The molecule has 140 valence electrons. The van der Waals surface area contributed by atoms with Crippen LogP contribution < -0.4 is 9.21 Å². The van der Waals surface area contributed by atoms with Gasteiger partial charge in [-0.15, -0.1) is 0 Å². The second-order valence-corrected chi connectivity index (χ2v) is 8.56. The van der Waals surface area contributed by atoms with Crippen LogP contribution in [0.25, 0.3) is 0 Å². The lowest BCUT2D eigenvalue weighted by Gasteiger charge is -2.21. The van der Waals surface area contributed by atoms with Crippen molar-refractivity contribution in [1.29, 1.82) is 0 Å². The van der Waals surface area contributed by atoms with Gasteiger partial charge in [-0.1, -0.05) is 18.2 Å². The van der Waals surface area contributed by atoms with E-state index >= 15 is 0 Å². The summed E-state index contributed by atoms with van der Waals surface area (Å²) >= 11 is 0. The summed E-state index contributed by atoms with van der Waals surface area (Å²) in [5.74, 6) is -2.01. The number of hydrogen-bond donors (Lipinski definition) is 1. The Labute approximate surface area is 156 Å². The van der Waals surface area contributed by atoms with E-state index in [4.69, 9.17) is 5.11 Å². The van der Waals surface area contributed by atoms with Crippen molar-refractivity contribution in [3.8, 4) is 0 Å². The molecule has 0 bridgehead atoms. The predicted octanol–water partition coefficient (Wildman–Crippen LogP) is 1.88. The van der Waals surface area contributed by atoms with Crippen molar-refractivity contribution in [2.45, 2.75) is 17.7 Å². The highest BCUT2D eigenvalue weighted by Gasteiger charge is 2.35. The van der Waals surface area contributed by atoms with E-state index in [1.165, 1.54) is 21.3 Å². The maximum Gasteiger partial charge on any atom is 0.308 e. The molecule has 0 radical (unpaired) electrons. The van der Waals surface area contributed by atoms with E-state index < -0.39 is 21.9 Å². The predicted molar refractivity (Wildman–Crippen MR) is 99.2 cm³/mol. The Balaban J connectivity index is 1.59. The molecule has 1 amide bonds. The Hall–Kier alpha value is -2.87. The molecule has 2 aromatic rings. The summed E-state index contributed by atoms with van der Waals surface area (Å²) in [6.07, 6.45) is 0.631. The van der Waals surface area contributed by atoms with Gasteiger partial charge in [-0.05, 0) is 42.3 Å². The summed E-state index contributed by atoms with van der Waals surface area (Å²) < 4.78 is 27.4. The van der Waals surface area contributed by atoms with Crippen molar-refractivity contribution in [2.24, 2.45) is 5.92 Å². The van der Waals surface area contributed by atoms with Crippen LogP contribution in [0.4, 0.5) is 11.4 Å². The normalized spacial score (nSPS) is 19.4. The van der Waals surface area contributed by atoms with Gasteiger partial charge in [0.05, 0.1) is 16.5 Å². The summed E-state index contributed by atoms with van der Waals surface area (Å²) in [7, 11) is -3.69. The average Bonchev–Trinajstić information content (AvgIpc) is 3.26. The number of hydrogen-bond acceptors (Lipinski definition) is 4. The fourth-order valence-corrected chi connectivity index (χ4v) is 5.11. The van der Waals surface area contributed by atoms with E-state index in [9.17, 15) is 18.0 Å². The van der Waals surface area contributed by atoms with Crippen LogP contribution >= 0.6 is 0 Å². The van der Waals surface area contributed by atoms with Crippen LogP contribution in [-0.4, -0.2) is 38.5 Å². The Morgan fingerprint density at radius 1 is 1.07 bits per heavy atom. The molecule has 1 fully saturated rings. The van der Waals surface area contributed by atoms with E-state index in [1.807, 2.05) is 18.2 Å². The van der Waals surface area contributed by atoms with Crippen molar-refractivity contribution in [2.75, 3.05) is 22.3 Å². The van der Waals surface area contributed by atoms with Gasteiger partial charge < -0.3 is 10.0 Å². The molecule has 1 N–H and O–H groups in total. The summed E-state index contributed by atoms with van der Waals surface area (Å²) in [5, 5.41) is 9.08. The smallest absolute Gasteiger partial charge is 0.308 e. The van der Waals surface area contributed by atoms with E-state index in [-0.39, 0.29) is 23.8 Å². The maximum absolute atomic E-state index is 13.0. The third-order valence-corrected chi connectivity index (χ3v) is 6.88. The van der Waals surface area contributed by atoms with E-state index in [2.05, 4.69) is 0 Å². The highest BCUT2D eigenvalue weighted by atomic mass is 32.2. The zero-order valence-electron chi connectivity index (χ0n) is 14.4. The molecule has 4 rings (SSSR count). The lowest BCUT2D eigenvalue weighted by atomic mass is 10.1. The average molecular weight is 386 g/mol. The molecule has 0 unspecified atom stereocenters. The van der Waals surface area contributed by atoms with Crippen molar-refractivity contribution < 1.29 is 23.1 Å². The Morgan fingerprint density at radius 3 is 2.44 bits per heavy atom. The molecule has 2 aliphatic heterocycles. The number of benzene rings is 2. The van der Waals surface area contributed by atoms with Crippen LogP contribution in [0.3, 0.4) is 0 Å². The number of rotatable bonds is 4. The standard InChI is InChI=1S/C19H18N2O5S/c22-18-11-14(19(23)24)12-20(18)15-5-7-16(8-6-15)27(25,26)21-10-9-13-3-1-2-4-17(13)21/h1-8,14H,9-12H2,(H,23,24)/t14-/m1/s1. The van der Waals surface area contributed by atoms with Gasteiger partial charge in [0.25, 0.3) is 10.0 Å². The van der Waals surface area contributed by atoms with Crippen LogP contribution in [0.1, 0.15) is 12.0 Å². The van der Waals surface area contributed by atoms with Gasteiger partial charge in [0.15, 0.2) is 0 Å². The third-order valence-electron chi connectivity index (χ3n) is 5.06. The molecule has 2 heterocycles. The van der Waals surface area contributed by atoms with Gasteiger partial charge in [-0.25, -0.2) is 8.42 Å². The van der Waals surface area contributed by atoms with Crippen molar-refractivity contribution in [1.82, 2.24) is 0 Å². The molecule has 8 heteroatoms. The van der Waals surface area contributed by atoms with Gasteiger partial charge in [0.1, 0.15) is 0 Å². The minimum absolute atomic E-state index is 0.0417. The molecule has 0 spiro atoms. The molecule has 7 nitrogen and oxygen atoms in total. The number of amides is 1. The highest BCUT2D eigenvalue weighted by molar-refractivity contribution is 7.92. The largest absolute Gasteiger partial charge is 0.481 e. The minimum Gasteiger partial charge on any atom is -0.481 e. The first-order chi connectivity index (χ1) is 12.9. The van der Waals surface area contributed by atoms with Crippen LogP contribution in [0.15, 0.2) is 53.4 Å². The van der Waals surface area contributed by atoms with Crippen molar-refractivity contribution >= 4 is 33.3 Å². The van der Waals surface area contributed by atoms with Crippen LogP contribution in [0, 0.1) is 5.92 Å². The number of carbonyl (C=O) groups is 2. The van der Waals surface area contributed by atoms with Gasteiger partial charge >= 0.3 is 5.97 Å². The van der Waals surface area contributed by atoms with Crippen LogP contribution in [0.5, 0.6) is 0 Å². The zero-order chi connectivity index (χ0) is 19.2. The molecule has 27 heavy (non-hydrogen) atoms. The summed E-state index contributed by atoms with van der Waals surface area (Å²) in [4.78, 5) is 24.7.